The molecule has 0 aromatic heterocycles. The van der Waals surface area contributed by atoms with Crippen LogP contribution in [-0.2, 0) is 0 Å². The molecule has 2 bridgehead atoms. The highest BCUT2D eigenvalue weighted by Gasteiger charge is 2.46. The van der Waals surface area contributed by atoms with E-state index in [4.69, 9.17) is 11.5 Å². The summed E-state index contributed by atoms with van der Waals surface area (Å²) in [5, 5.41) is 0. The summed E-state index contributed by atoms with van der Waals surface area (Å²) in [7, 11) is 0. The standard InChI is InChI=1S/C16H16N2/c17-15-13-9-5-1-2-6-10(9)14(16(15)18)12-8-4-3-7-11(12)13/h1-8,13-16H,17-18H2/t13?,14?,15-,16+. The number of fused-ring (bicyclic) bond motifs is 1. The molecule has 0 saturated heterocycles. The smallest absolute Gasteiger partial charge is 0.0312 e. The molecule has 3 aliphatic carbocycles. The first-order valence-electron chi connectivity index (χ1n) is 6.48. The zero-order valence-corrected chi connectivity index (χ0v) is 10.1. The zero-order chi connectivity index (χ0) is 12.3. The van der Waals surface area contributed by atoms with Gasteiger partial charge in [-0.2, -0.15) is 0 Å². The van der Waals surface area contributed by atoms with E-state index in [0.717, 1.165) is 0 Å². The van der Waals surface area contributed by atoms with Crippen LogP contribution >= 0.6 is 0 Å². The highest BCUT2D eigenvalue weighted by atomic mass is 14.8. The molecule has 0 spiro atoms. The zero-order valence-electron chi connectivity index (χ0n) is 10.1. The van der Waals surface area contributed by atoms with Gasteiger partial charge in [-0.3, -0.25) is 0 Å². The van der Waals surface area contributed by atoms with Gasteiger partial charge in [0, 0.05) is 23.9 Å². The van der Waals surface area contributed by atoms with Crippen molar-refractivity contribution < 1.29 is 0 Å². The number of hydrogen-bond acceptors (Lipinski definition) is 2. The van der Waals surface area contributed by atoms with Crippen molar-refractivity contribution >= 4 is 0 Å². The monoisotopic (exact) mass is 236 g/mol. The molecule has 0 heterocycles. The number of nitrogens with two attached hydrogens (primary N) is 2. The van der Waals surface area contributed by atoms with Gasteiger partial charge in [0.15, 0.2) is 0 Å². The van der Waals surface area contributed by atoms with E-state index in [9.17, 15) is 0 Å². The van der Waals surface area contributed by atoms with E-state index < -0.39 is 0 Å². The summed E-state index contributed by atoms with van der Waals surface area (Å²) in [6.45, 7) is 0. The molecule has 0 saturated carbocycles. The molecular formula is C16H16N2. The van der Waals surface area contributed by atoms with Crippen LogP contribution in [0.5, 0.6) is 0 Å². The Morgan fingerprint density at radius 2 is 0.833 bits per heavy atom. The highest BCUT2D eigenvalue weighted by molar-refractivity contribution is 5.58. The van der Waals surface area contributed by atoms with Crippen LogP contribution in [-0.4, -0.2) is 12.1 Å². The number of rotatable bonds is 0. The Morgan fingerprint density at radius 3 is 1.11 bits per heavy atom. The summed E-state index contributed by atoms with van der Waals surface area (Å²) in [6, 6.07) is 17.3. The molecule has 2 aromatic carbocycles. The van der Waals surface area contributed by atoms with E-state index in [1.54, 1.807) is 0 Å². The molecule has 2 atom stereocenters. The first-order chi connectivity index (χ1) is 8.79. The van der Waals surface area contributed by atoms with E-state index in [0.29, 0.717) is 0 Å². The highest BCUT2D eigenvalue weighted by Crippen LogP contribution is 2.51. The molecule has 90 valence electrons. The van der Waals surface area contributed by atoms with Crippen LogP contribution < -0.4 is 11.5 Å². The second-order valence-corrected chi connectivity index (χ2v) is 5.37. The molecule has 5 rings (SSSR count). The summed E-state index contributed by atoms with van der Waals surface area (Å²) >= 11 is 0. The van der Waals surface area contributed by atoms with Crippen molar-refractivity contribution in [3.05, 3.63) is 70.8 Å². The van der Waals surface area contributed by atoms with Crippen molar-refractivity contribution in [1.82, 2.24) is 0 Å². The topological polar surface area (TPSA) is 52.0 Å². The molecule has 18 heavy (non-hydrogen) atoms. The summed E-state index contributed by atoms with van der Waals surface area (Å²) in [5.41, 5.74) is 18.2. The third-order valence-corrected chi connectivity index (χ3v) is 4.55. The van der Waals surface area contributed by atoms with Gasteiger partial charge in [0.1, 0.15) is 0 Å². The fraction of sp³-hybridized carbons (Fsp3) is 0.250. The normalized spacial score (nSPS) is 31.9. The average Bonchev–Trinajstić information content (AvgIpc) is 2.42. The predicted molar refractivity (Wildman–Crippen MR) is 72.5 cm³/mol. The van der Waals surface area contributed by atoms with E-state index >= 15 is 0 Å². The Morgan fingerprint density at radius 1 is 0.556 bits per heavy atom. The maximum absolute atomic E-state index is 6.37. The van der Waals surface area contributed by atoms with Crippen molar-refractivity contribution in [2.45, 2.75) is 23.9 Å². The fourth-order valence-corrected chi connectivity index (χ4v) is 3.76. The van der Waals surface area contributed by atoms with Gasteiger partial charge in [0.25, 0.3) is 0 Å². The minimum atomic E-state index is 0.0276. The second-order valence-electron chi connectivity index (χ2n) is 5.37. The van der Waals surface area contributed by atoms with E-state index in [1.807, 2.05) is 0 Å². The second kappa shape index (κ2) is 3.44. The van der Waals surface area contributed by atoms with E-state index in [-0.39, 0.29) is 23.9 Å². The summed E-state index contributed by atoms with van der Waals surface area (Å²) in [4.78, 5) is 0. The quantitative estimate of drug-likeness (QED) is 0.734. The first-order valence-corrected chi connectivity index (χ1v) is 6.48. The molecule has 0 fully saturated rings. The van der Waals surface area contributed by atoms with Crippen LogP contribution in [0.4, 0.5) is 0 Å². The van der Waals surface area contributed by atoms with Crippen molar-refractivity contribution in [2.75, 3.05) is 0 Å². The lowest BCUT2D eigenvalue weighted by Crippen LogP contribution is -2.56. The van der Waals surface area contributed by atoms with Crippen LogP contribution in [0.3, 0.4) is 0 Å². The van der Waals surface area contributed by atoms with Gasteiger partial charge in [0.05, 0.1) is 0 Å². The third kappa shape index (κ3) is 1.10. The largest absolute Gasteiger partial charge is 0.326 e. The first kappa shape index (κ1) is 10.3. The van der Waals surface area contributed by atoms with Crippen LogP contribution in [0.25, 0.3) is 0 Å². The molecule has 0 unspecified atom stereocenters. The summed E-state index contributed by atoms with van der Waals surface area (Å²) < 4.78 is 0. The maximum atomic E-state index is 6.37. The molecule has 0 radical (unpaired) electrons. The van der Waals surface area contributed by atoms with Crippen LogP contribution in [0.1, 0.15) is 34.1 Å². The Hall–Kier alpha value is -1.64. The molecule has 2 aromatic rings. The minimum Gasteiger partial charge on any atom is -0.326 e. The SMILES string of the molecule is N[C@@H]1C2c3ccccc3C(c3ccccc32)[C@@H]1N. The Kier molecular flexibility index (Phi) is 1.97. The Labute approximate surface area is 107 Å². The number of benzene rings is 2. The van der Waals surface area contributed by atoms with Gasteiger partial charge in [-0.15, -0.1) is 0 Å². The lowest BCUT2D eigenvalue weighted by molar-refractivity contribution is 0.385. The average molecular weight is 236 g/mol. The van der Waals surface area contributed by atoms with Gasteiger partial charge >= 0.3 is 0 Å². The lowest BCUT2D eigenvalue weighted by Gasteiger charge is -2.48. The van der Waals surface area contributed by atoms with Gasteiger partial charge in [0.2, 0.25) is 0 Å². The molecule has 2 heteroatoms. The van der Waals surface area contributed by atoms with Crippen molar-refractivity contribution in [3.8, 4) is 0 Å². The molecule has 0 aliphatic heterocycles. The van der Waals surface area contributed by atoms with E-state index in [1.165, 1.54) is 22.3 Å². The molecular weight excluding hydrogens is 220 g/mol. The predicted octanol–water partition coefficient (Wildman–Crippen LogP) is 1.93. The number of hydrogen-bond donors (Lipinski definition) is 2. The molecule has 4 N–H and O–H groups in total. The Balaban J connectivity index is 2.06. The maximum Gasteiger partial charge on any atom is 0.0312 e. The van der Waals surface area contributed by atoms with Gasteiger partial charge < -0.3 is 11.5 Å². The summed E-state index contributed by atoms with van der Waals surface area (Å²) in [6.07, 6.45) is 0. The Bertz CT molecular complexity index is 518. The van der Waals surface area contributed by atoms with E-state index in [2.05, 4.69) is 48.5 Å². The minimum absolute atomic E-state index is 0.0276. The van der Waals surface area contributed by atoms with Crippen molar-refractivity contribution in [1.29, 1.82) is 0 Å². The third-order valence-electron chi connectivity index (χ3n) is 4.55. The van der Waals surface area contributed by atoms with Crippen molar-refractivity contribution in [3.63, 3.8) is 0 Å². The molecule has 2 nitrogen and oxygen atoms in total. The van der Waals surface area contributed by atoms with Crippen molar-refractivity contribution in [2.24, 2.45) is 11.5 Å². The van der Waals surface area contributed by atoms with Crippen LogP contribution in [0, 0.1) is 0 Å². The van der Waals surface area contributed by atoms with Crippen LogP contribution in [0.2, 0.25) is 0 Å². The van der Waals surface area contributed by atoms with Gasteiger partial charge in [-0.25, -0.2) is 0 Å². The lowest BCUT2D eigenvalue weighted by atomic mass is 9.60. The fourth-order valence-electron chi connectivity index (χ4n) is 3.76. The van der Waals surface area contributed by atoms with Crippen LogP contribution in [0.15, 0.2) is 48.5 Å². The van der Waals surface area contributed by atoms with Gasteiger partial charge in [-0.1, -0.05) is 48.5 Å². The summed E-state index contributed by atoms with van der Waals surface area (Å²) in [5.74, 6) is 0.523. The molecule has 3 aliphatic rings. The van der Waals surface area contributed by atoms with Gasteiger partial charge in [-0.05, 0) is 22.3 Å². The molecule has 0 amide bonds.